The first-order valence-electron chi connectivity index (χ1n) is 8.20. The quantitative estimate of drug-likeness (QED) is 0.635. The highest BCUT2D eigenvalue weighted by atomic mass is 32.2. The molecule has 2 rings (SSSR count). The molecule has 1 aliphatic carbocycles. The number of carbonyl (C=O) groups excluding carboxylic acids is 1. The molecule has 24 heavy (non-hydrogen) atoms. The van der Waals surface area contributed by atoms with Crippen LogP contribution in [0.2, 0.25) is 0 Å². The van der Waals surface area contributed by atoms with E-state index in [-0.39, 0.29) is 19.6 Å². The fraction of sp³-hybridized carbons (Fsp3) is 0.929. The first-order chi connectivity index (χ1) is 11.2. The molecule has 1 saturated heterocycles. The third kappa shape index (κ3) is 4.27. The number of hydrogen-bond donors (Lipinski definition) is 0. The number of hydrogen-bond acceptors (Lipinski definition) is 6. The summed E-state index contributed by atoms with van der Waals surface area (Å²) in [5.41, 5.74) is 0. The summed E-state index contributed by atoms with van der Waals surface area (Å²) in [5, 5.41) is -0.775. The molecular weight excluding hydrogens is 356 g/mol. The second-order valence-electron chi connectivity index (χ2n) is 6.41. The zero-order valence-electron chi connectivity index (χ0n) is 14.2. The van der Waals surface area contributed by atoms with Crippen molar-refractivity contribution in [2.24, 2.45) is 5.92 Å². The van der Waals surface area contributed by atoms with Crippen LogP contribution < -0.4 is 0 Å². The Hall–Kier alpha value is -0.710. The number of ether oxygens (including phenoxy) is 1. The SMILES string of the molecule is COC(=O)C1CCCCC1S(=O)(=O)N1CCCN(S(C)(=O)=O)CC1. The molecule has 140 valence electrons. The fourth-order valence-electron chi connectivity index (χ4n) is 3.52. The molecule has 2 fully saturated rings. The van der Waals surface area contributed by atoms with Gasteiger partial charge in [0.1, 0.15) is 0 Å². The van der Waals surface area contributed by atoms with Gasteiger partial charge < -0.3 is 4.74 Å². The van der Waals surface area contributed by atoms with Crippen LogP contribution in [0.4, 0.5) is 0 Å². The summed E-state index contributed by atoms with van der Waals surface area (Å²) >= 11 is 0. The molecule has 1 aliphatic heterocycles. The smallest absolute Gasteiger partial charge is 0.310 e. The Balaban J connectivity index is 2.18. The van der Waals surface area contributed by atoms with E-state index in [4.69, 9.17) is 4.74 Å². The van der Waals surface area contributed by atoms with E-state index < -0.39 is 37.2 Å². The molecule has 1 saturated carbocycles. The predicted molar refractivity (Wildman–Crippen MR) is 89.3 cm³/mol. The normalized spacial score (nSPS) is 28.2. The first kappa shape index (κ1) is 19.6. The maximum Gasteiger partial charge on any atom is 0.310 e. The lowest BCUT2D eigenvalue weighted by molar-refractivity contribution is -0.146. The number of methoxy groups -OCH3 is 1. The largest absolute Gasteiger partial charge is 0.469 e. The minimum Gasteiger partial charge on any atom is -0.469 e. The van der Waals surface area contributed by atoms with E-state index in [1.165, 1.54) is 15.7 Å². The highest BCUT2D eigenvalue weighted by Crippen LogP contribution is 2.32. The lowest BCUT2D eigenvalue weighted by Crippen LogP contribution is -2.47. The molecule has 0 spiro atoms. The highest BCUT2D eigenvalue weighted by Gasteiger charge is 2.43. The second-order valence-corrected chi connectivity index (χ2v) is 10.5. The Morgan fingerprint density at radius 2 is 1.50 bits per heavy atom. The van der Waals surface area contributed by atoms with Crippen LogP contribution in [0.1, 0.15) is 32.1 Å². The number of esters is 1. The van der Waals surface area contributed by atoms with E-state index in [0.717, 1.165) is 19.1 Å². The van der Waals surface area contributed by atoms with Crippen molar-refractivity contribution < 1.29 is 26.4 Å². The van der Waals surface area contributed by atoms with Crippen molar-refractivity contribution in [3.05, 3.63) is 0 Å². The van der Waals surface area contributed by atoms with E-state index >= 15 is 0 Å². The zero-order chi connectivity index (χ0) is 18.0. The Labute approximate surface area is 144 Å². The van der Waals surface area contributed by atoms with Crippen molar-refractivity contribution in [2.75, 3.05) is 39.5 Å². The van der Waals surface area contributed by atoms with E-state index in [9.17, 15) is 21.6 Å². The monoisotopic (exact) mass is 382 g/mol. The number of sulfonamides is 2. The summed E-state index contributed by atoms with van der Waals surface area (Å²) in [6.45, 7) is 0.863. The molecule has 0 aromatic carbocycles. The molecule has 0 amide bonds. The minimum atomic E-state index is -3.67. The average molecular weight is 383 g/mol. The van der Waals surface area contributed by atoms with Crippen LogP contribution in [0, 0.1) is 5.92 Å². The van der Waals surface area contributed by atoms with Gasteiger partial charge in [0.2, 0.25) is 20.0 Å². The van der Waals surface area contributed by atoms with Gasteiger partial charge in [-0.05, 0) is 19.3 Å². The predicted octanol–water partition coefficient (Wildman–Crippen LogP) is 0.0153. The minimum absolute atomic E-state index is 0.125. The Bertz CT molecular complexity index is 661. The van der Waals surface area contributed by atoms with E-state index in [1.807, 2.05) is 0 Å². The van der Waals surface area contributed by atoms with Gasteiger partial charge >= 0.3 is 5.97 Å². The van der Waals surface area contributed by atoms with Crippen LogP contribution in [0.3, 0.4) is 0 Å². The molecule has 0 aromatic heterocycles. The van der Waals surface area contributed by atoms with Crippen LogP contribution in [0.25, 0.3) is 0 Å². The molecule has 10 heteroatoms. The Morgan fingerprint density at radius 1 is 0.917 bits per heavy atom. The molecule has 0 N–H and O–H groups in total. The molecule has 1 heterocycles. The summed E-state index contributed by atoms with van der Waals surface area (Å²) in [4.78, 5) is 12.0. The summed E-state index contributed by atoms with van der Waals surface area (Å²) < 4.78 is 56.8. The van der Waals surface area contributed by atoms with Crippen LogP contribution in [-0.4, -0.2) is 76.2 Å². The van der Waals surface area contributed by atoms with E-state index in [2.05, 4.69) is 0 Å². The summed E-state index contributed by atoms with van der Waals surface area (Å²) in [6, 6.07) is 0. The molecule has 0 aromatic rings. The molecule has 0 bridgehead atoms. The van der Waals surface area contributed by atoms with E-state index in [1.54, 1.807) is 0 Å². The third-order valence-corrected chi connectivity index (χ3v) is 8.55. The summed E-state index contributed by atoms with van der Waals surface area (Å²) in [6.07, 6.45) is 4.11. The van der Waals surface area contributed by atoms with Crippen molar-refractivity contribution in [1.29, 1.82) is 0 Å². The summed E-state index contributed by atoms with van der Waals surface area (Å²) in [7, 11) is -5.73. The van der Waals surface area contributed by atoms with Crippen LogP contribution in [0.15, 0.2) is 0 Å². The Morgan fingerprint density at radius 3 is 2.12 bits per heavy atom. The van der Waals surface area contributed by atoms with Gasteiger partial charge in [-0.15, -0.1) is 0 Å². The topological polar surface area (TPSA) is 101 Å². The van der Waals surface area contributed by atoms with Gasteiger partial charge in [-0.2, -0.15) is 0 Å². The third-order valence-electron chi connectivity index (χ3n) is 4.83. The summed E-state index contributed by atoms with van der Waals surface area (Å²) in [5.74, 6) is -1.11. The van der Waals surface area contributed by atoms with Gasteiger partial charge in [-0.3, -0.25) is 4.79 Å². The van der Waals surface area contributed by atoms with Gasteiger partial charge in [0.15, 0.2) is 0 Å². The Kier molecular flexibility index (Phi) is 6.27. The second kappa shape index (κ2) is 7.67. The van der Waals surface area contributed by atoms with Gasteiger partial charge in [0.25, 0.3) is 0 Å². The van der Waals surface area contributed by atoms with Crippen LogP contribution in [0.5, 0.6) is 0 Å². The first-order valence-corrected chi connectivity index (χ1v) is 11.5. The van der Waals surface area contributed by atoms with Crippen molar-refractivity contribution in [3.63, 3.8) is 0 Å². The van der Waals surface area contributed by atoms with Gasteiger partial charge in [0.05, 0.1) is 24.5 Å². The van der Waals surface area contributed by atoms with Crippen molar-refractivity contribution >= 4 is 26.0 Å². The van der Waals surface area contributed by atoms with E-state index in [0.29, 0.717) is 25.8 Å². The number of carbonyl (C=O) groups is 1. The van der Waals surface area contributed by atoms with Gasteiger partial charge in [-0.25, -0.2) is 25.4 Å². The van der Waals surface area contributed by atoms with Gasteiger partial charge in [0, 0.05) is 26.2 Å². The molecule has 2 atom stereocenters. The van der Waals surface area contributed by atoms with Gasteiger partial charge in [-0.1, -0.05) is 12.8 Å². The number of rotatable bonds is 4. The van der Waals surface area contributed by atoms with Crippen LogP contribution >= 0.6 is 0 Å². The standard InChI is InChI=1S/C14H26N2O6S2/c1-22-14(17)12-6-3-4-7-13(12)24(20,21)16-9-5-8-15(10-11-16)23(2,18)19/h12-13H,3-11H2,1-2H3. The molecule has 2 aliphatic rings. The van der Waals surface area contributed by atoms with Crippen molar-refractivity contribution in [3.8, 4) is 0 Å². The molecule has 2 unspecified atom stereocenters. The highest BCUT2D eigenvalue weighted by molar-refractivity contribution is 7.89. The number of nitrogens with zero attached hydrogens (tertiary/aromatic N) is 2. The molecular formula is C14H26N2O6S2. The van der Waals surface area contributed by atoms with Crippen molar-refractivity contribution in [1.82, 2.24) is 8.61 Å². The lowest BCUT2D eigenvalue weighted by atomic mass is 9.89. The van der Waals surface area contributed by atoms with Crippen molar-refractivity contribution in [2.45, 2.75) is 37.4 Å². The molecule has 0 radical (unpaired) electrons. The maximum atomic E-state index is 13.0. The fourth-order valence-corrected chi connectivity index (χ4v) is 6.63. The average Bonchev–Trinajstić information content (AvgIpc) is 2.80. The van der Waals surface area contributed by atoms with Crippen LogP contribution in [-0.2, 0) is 29.6 Å². The molecule has 8 nitrogen and oxygen atoms in total. The lowest BCUT2D eigenvalue weighted by Gasteiger charge is -2.33. The zero-order valence-corrected chi connectivity index (χ0v) is 15.8. The maximum absolute atomic E-state index is 13.0.